The minimum Gasteiger partial charge on any atom is -0.468 e. The van der Waals surface area contributed by atoms with Crippen LogP contribution in [0, 0.1) is 0 Å². The van der Waals surface area contributed by atoms with Crippen molar-refractivity contribution < 1.29 is 29.1 Å². The van der Waals surface area contributed by atoms with E-state index in [2.05, 4.69) is 0 Å². The smallest absolute Gasteiger partial charge is 0.341 e. The molecule has 0 aromatic heterocycles. The average molecular weight is 287 g/mol. The highest BCUT2D eigenvalue weighted by atomic mass is 31.2. The lowest BCUT2D eigenvalue weighted by Gasteiger charge is -2.21. The monoisotopic (exact) mass is 287 g/mol. The van der Waals surface area contributed by atoms with Crippen LogP contribution in [-0.2, 0) is 9.36 Å². The Kier molecular flexibility index (Phi) is 3.40. The van der Waals surface area contributed by atoms with E-state index in [1.807, 2.05) is 0 Å². The van der Waals surface area contributed by atoms with Gasteiger partial charge >= 0.3 is 7.60 Å². The van der Waals surface area contributed by atoms with Gasteiger partial charge in [0, 0.05) is 6.42 Å². The molecule has 1 saturated heterocycles. The van der Waals surface area contributed by atoms with Crippen molar-refractivity contribution in [3.05, 3.63) is 30.3 Å². The number of para-hydroxylation sites is 1. The van der Waals surface area contributed by atoms with E-state index < -0.39 is 24.9 Å². The van der Waals surface area contributed by atoms with Crippen LogP contribution >= 0.6 is 7.60 Å². The summed E-state index contributed by atoms with van der Waals surface area (Å²) in [5.74, 6) is -0.643. The lowest BCUT2D eigenvalue weighted by atomic mass is 10.1. The first-order chi connectivity index (χ1) is 8.75. The number of hydroxylamine groups is 2. The first-order valence-corrected chi connectivity index (χ1v) is 7.17. The van der Waals surface area contributed by atoms with Crippen LogP contribution in [0.3, 0.4) is 0 Å². The summed E-state index contributed by atoms with van der Waals surface area (Å²) in [5.41, 5.74) is 0. The Morgan fingerprint density at radius 1 is 1.37 bits per heavy atom. The van der Waals surface area contributed by atoms with Gasteiger partial charge in [0.25, 0.3) is 5.91 Å². The summed E-state index contributed by atoms with van der Waals surface area (Å²) in [4.78, 5) is 30.3. The summed E-state index contributed by atoms with van der Waals surface area (Å²) in [5, 5.41) is 7.92. The molecule has 1 amide bonds. The molecule has 19 heavy (non-hydrogen) atoms. The number of carbonyl (C=O) groups is 1. The first-order valence-electron chi connectivity index (χ1n) is 5.55. The van der Waals surface area contributed by atoms with Gasteiger partial charge in [-0.15, -0.1) is 0 Å². The Morgan fingerprint density at radius 2 is 1.95 bits per heavy atom. The third-order valence-corrected chi connectivity index (χ3v) is 4.83. The van der Waals surface area contributed by atoms with E-state index in [1.165, 1.54) is 0 Å². The summed E-state index contributed by atoms with van der Waals surface area (Å²) in [6, 6.07) is 8.41. The van der Waals surface area contributed by atoms with Crippen molar-refractivity contribution in [2.24, 2.45) is 0 Å². The summed E-state index contributed by atoms with van der Waals surface area (Å²) in [6.45, 7) is 1.12. The second kappa shape index (κ2) is 4.61. The zero-order valence-electron chi connectivity index (χ0n) is 10.1. The van der Waals surface area contributed by atoms with Crippen molar-refractivity contribution in [3.63, 3.8) is 0 Å². The number of hydrogen-bond donors (Lipinski definition) is 3. The molecule has 1 aromatic carbocycles. The van der Waals surface area contributed by atoms with Gasteiger partial charge in [0.1, 0.15) is 5.75 Å². The van der Waals surface area contributed by atoms with Crippen LogP contribution in [0.2, 0.25) is 0 Å². The van der Waals surface area contributed by atoms with Crippen LogP contribution in [0.1, 0.15) is 13.3 Å². The van der Waals surface area contributed by atoms with Crippen LogP contribution < -0.4 is 4.74 Å². The number of nitrogens with zero attached hydrogens (tertiary/aromatic N) is 1. The lowest BCUT2D eigenvalue weighted by Crippen LogP contribution is -2.37. The Morgan fingerprint density at radius 3 is 2.42 bits per heavy atom. The Balaban J connectivity index is 2.22. The van der Waals surface area contributed by atoms with Crippen LogP contribution in [-0.4, -0.2) is 37.3 Å². The molecule has 0 saturated carbocycles. The largest absolute Gasteiger partial charge is 0.468 e. The molecule has 1 fully saturated rings. The normalized spacial score (nSPS) is 27.7. The molecule has 0 aliphatic carbocycles. The fourth-order valence-corrected chi connectivity index (χ4v) is 2.63. The van der Waals surface area contributed by atoms with Gasteiger partial charge in [0.2, 0.25) is 0 Å². The number of ether oxygens (including phenoxy) is 1. The van der Waals surface area contributed by atoms with Gasteiger partial charge in [0.05, 0.1) is 0 Å². The Labute approximate surface area is 109 Å². The topological polar surface area (TPSA) is 107 Å². The molecule has 2 unspecified atom stereocenters. The molecule has 1 aliphatic heterocycles. The predicted octanol–water partition coefficient (Wildman–Crippen LogP) is 0.949. The zero-order chi connectivity index (χ0) is 14.3. The van der Waals surface area contributed by atoms with Gasteiger partial charge in [-0.25, -0.2) is 0 Å². The van der Waals surface area contributed by atoms with Crippen molar-refractivity contribution in [1.82, 2.24) is 5.06 Å². The van der Waals surface area contributed by atoms with E-state index >= 15 is 0 Å². The van der Waals surface area contributed by atoms with Gasteiger partial charge in [-0.05, 0) is 19.1 Å². The fourth-order valence-electron chi connectivity index (χ4n) is 1.88. The van der Waals surface area contributed by atoms with Crippen LogP contribution in [0.15, 0.2) is 30.3 Å². The van der Waals surface area contributed by atoms with Crippen molar-refractivity contribution in [1.29, 1.82) is 0 Å². The SMILES string of the molecule is CC1(P(=O)(O)O)CC(Oc2ccccc2)N(O)C1=O. The number of amides is 1. The lowest BCUT2D eigenvalue weighted by molar-refractivity contribution is -0.185. The van der Waals surface area contributed by atoms with E-state index in [9.17, 15) is 24.4 Å². The molecule has 1 aromatic rings. The van der Waals surface area contributed by atoms with E-state index in [1.54, 1.807) is 30.3 Å². The molecule has 2 rings (SSSR count). The molecule has 2 atom stereocenters. The molecule has 1 aliphatic rings. The van der Waals surface area contributed by atoms with Crippen molar-refractivity contribution in [3.8, 4) is 5.75 Å². The van der Waals surface area contributed by atoms with Crippen LogP contribution in [0.5, 0.6) is 5.75 Å². The number of hydrogen-bond acceptors (Lipinski definition) is 4. The number of carbonyl (C=O) groups excluding carboxylic acids is 1. The highest BCUT2D eigenvalue weighted by Crippen LogP contribution is 2.56. The molecule has 0 bridgehead atoms. The maximum Gasteiger partial charge on any atom is 0.341 e. The molecule has 1 heterocycles. The Bertz CT molecular complexity index is 529. The Hall–Kier alpha value is -1.40. The third kappa shape index (κ3) is 2.37. The fraction of sp³-hybridized carbons (Fsp3) is 0.364. The average Bonchev–Trinajstić information content (AvgIpc) is 2.56. The summed E-state index contributed by atoms with van der Waals surface area (Å²) in [6.07, 6.45) is -1.41. The molecule has 7 nitrogen and oxygen atoms in total. The van der Waals surface area contributed by atoms with Crippen molar-refractivity contribution in [2.45, 2.75) is 24.7 Å². The second-order valence-corrected chi connectivity index (χ2v) is 6.63. The minimum atomic E-state index is -4.69. The van der Waals surface area contributed by atoms with E-state index in [-0.39, 0.29) is 11.5 Å². The number of benzene rings is 1. The summed E-state index contributed by atoms with van der Waals surface area (Å²) < 4.78 is 16.7. The summed E-state index contributed by atoms with van der Waals surface area (Å²) >= 11 is 0. The van der Waals surface area contributed by atoms with E-state index in [0.717, 1.165) is 6.92 Å². The second-order valence-electron chi connectivity index (χ2n) is 4.56. The van der Waals surface area contributed by atoms with Gasteiger partial charge in [-0.3, -0.25) is 14.6 Å². The first kappa shape index (κ1) is 14.0. The number of rotatable bonds is 3. The zero-order valence-corrected chi connectivity index (χ0v) is 11.0. The highest BCUT2D eigenvalue weighted by molar-refractivity contribution is 7.54. The molecule has 104 valence electrons. The van der Waals surface area contributed by atoms with Gasteiger partial charge in [-0.2, -0.15) is 5.06 Å². The van der Waals surface area contributed by atoms with Crippen LogP contribution in [0.4, 0.5) is 0 Å². The maximum absolute atomic E-state index is 11.8. The van der Waals surface area contributed by atoms with E-state index in [0.29, 0.717) is 5.75 Å². The molecule has 8 heteroatoms. The minimum absolute atomic E-state index is 0.242. The van der Waals surface area contributed by atoms with E-state index in [4.69, 9.17) is 4.74 Å². The van der Waals surface area contributed by atoms with Gasteiger partial charge < -0.3 is 14.5 Å². The maximum atomic E-state index is 11.8. The molecule has 0 radical (unpaired) electrons. The highest BCUT2D eigenvalue weighted by Gasteiger charge is 2.60. The van der Waals surface area contributed by atoms with Gasteiger partial charge in [0.15, 0.2) is 11.4 Å². The summed E-state index contributed by atoms with van der Waals surface area (Å²) in [7, 11) is -4.69. The molecule has 3 N–H and O–H groups in total. The van der Waals surface area contributed by atoms with Gasteiger partial charge in [-0.1, -0.05) is 18.2 Å². The quantitative estimate of drug-likeness (QED) is 0.564. The molecular weight excluding hydrogens is 273 g/mol. The standard InChI is InChI=1S/C11H14NO6P/c1-11(19(15,16)17)7-9(12(14)10(11)13)18-8-5-3-2-4-6-8/h2-6,9,14H,7H2,1H3,(H2,15,16,17). The van der Waals surface area contributed by atoms with Crippen molar-refractivity contribution in [2.75, 3.05) is 0 Å². The molecule has 0 spiro atoms. The van der Waals surface area contributed by atoms with Crippen molar-refractivity contribution >= 4 is 13.5 Å². The van der Waals surface area contributed by atoms with Crippen LogP contribution in [0.25, 0.3) is 0 Å². The third-order valence-electron chi connectivity index (χ3n) is 3.17. The predicted molar refractivity (Wildman–Crippen MR) is 64.6 cm³/mol. The molecular formula is C11H14NO6P.